The summed E-state index contributed by atoms with van der Waals surface area (Å²) in [6.07, 6.45) is -4.70. The van der Waals surface area contributed by atoms with Gasteiger partial charge < -0.3 is 14.5 Å². The first-order valence-electron chi connectivity index (χ1n) is 7.38. The molecule has 1 N–H and O–H groups in total. The smallest absolute Gasteiger partial charge is 0.394 e. The number of amides is 1. The maximum atomic E-state index is 13.0. The lowest BCUT2D eigenvalue weighted by atomic mass is 9.96. The van der Waals surface area contributed by atoms with Gasteiger partial charge in [-0.05, 0) is 0 Å². The number of rotatable bonds is 3. The Balaban J connectivity index is 1.80. The first-order chi connectivity index (χ1) is 11.8. The summed E-state index contributed by atoms with van der Waals surface area (Å²) in [5.41, 5.74) is 1.05. The van der Waals surface area contributed by atoms with E-state index in [0.29, 0.717) is 11.3 Å². The predicted octanol–water partition coefficient (Wildman–Crippen LogP) is 2.68. The lowest BCUT2D eigenvalue weighted by Gasteiger charge is -2.17. The summed E-state index contributed by atoms with van der Waals surface area (Å²) in [6, 6.07) is 10.1. The first-order valence-corrected chi connectivity index (χ1v) is 7.38. The molecular formula is C16H13F3N2O4. The number of carboxylic acid groups (broad SMARTS) is 1. The third-order valence-corrected chi connectivity index (χ3v) is 4.14. The molecule has 0 saturated carbocycles. The second kappa shape index (κ2) is 6.23. The minimum absolute atomic E-state index is 0.231. The van der Waals surface area contributed by atoms with Crippen LogP contribution in [0, 0.1) is 11.8 Å². The molecule has 1 fully saturated rings. The zero-order valence-corrected chi connectivity index (χ0v) is 12.7. The van der Waals surface area contributed by atoms with Gasteiger partial charge in [0.2, 0.25) is 5.76 Å². The van der Waals surface area contributed by atoms with E-state index in [4.69, 9.17) is 9.63 Å². The number of hydrogen-bond acceptors (Lipinski definition) is 4. The van der Waals surface area contributed by atoms with Gasteiger partial charge in [-0.2, -0.15) is 13.2 Å². The van der Waals surface area contributed by atoms with E-state index < -0.39 is 43.0 Å². The summed E-state index contributed by atoms with van der Waals surface area (Å²) in [7, 11) is 0. The molecule has 132 valence electrons. The molecule has 1 aromatic carbocycles. The molecule has 1 aromatic heterocycles. The number of aliphatic carboxylic acids is 1. The maximum Gasteiger partial charge on any atom is 0.394 e. The van der Waals surface area contributed by atoms with Crippen molar-refractivity contribution in [1.82, 2.24) is 10.1 Å². The quantitative estimate of drug-likeness (QED) is 0.916. The normalized spacial score (nSPS) is 20.7. The van der Waals surface area contributed by atoms with E-state index in [1.807, 2.05) is 0 Å². The van der Waals surface area contributed by atoms with Gasteiger partial charge in [0, 0.05) is 24.7 Å². The fraction of sp³-hybridized carbons (Fsp3) is 0.312. The average Bonchev–Trinajstić information content (AvgIpc) is 3.22. The molecule has 1 saturated heterocycles. The number of aromatic nitrogens is 1. The summed E-state index contributed by atoms with van der Waals surface area (Å²) in [5.74, 6) is -6.43. The van der Waals surface area contributed by atoms with Gasteiger partial charge in [0.25, 0.3) is 5.91 Å². The van der Waals surface area contributed by atoms with Crippen molar-refractivity contribution in [1.29, 1.82) is 0 Å². The molecule has 2 atom stereocenters. The van der Waals surface area contributed by atoms with E-state index in [1.165, 1.54) is 6.07 Å². The number of likely N-dealkylation sites (tertiary alicyclic amines) is 1. The fourth-order valence-electron chi connectivity index (χ4n) is 2.83. The van der Waals surface area contributed by atoms with Crippen LogP contribution in [0.2, 0.25) is 0 Å². The predicted molar refractivity (Wildman–Crippen MR) is 78.5 cm³/mol. The molecule has 2 heterocycles. The van der Waals surface area contributed by atoms with Crippen LogP contribution in [0.1, 0.15) is 10.6 Å². The average molecular weight is 354 g/mol. The van der Waals surface area contributed by atoms with Crippen LogP contribution in [-0.4, -0.2) is 46.3 Å². The highest BCUT2D eigenvalue weighted by Crippen LogP contribution is 2.38. The van der Waals surface area contributed by atoms with Gasteiger partial charge in [-0.1, -0.05) is 35.5 Å². The van der Waals surface area contributed by atoms with Crippen molar-refractivity contribution in [3.05, 3.63) is 42.2 Å². The van der Waals surface area contributed by atoms with Crippen molar-refractivity contribution < 1.29 is 32.4 Å². The molecule has 2 aromatic rings. The molecule has 25 heavy (non-hydrogen) atoms. The zero-order valence-electron chi connectivity index (χ0n) is 12.7. The summed E-state index contributed by atoms with van der Waals surface area (Å²) in [4.78, 5) is 24.3. The van der Waals surface area contributed by atoms with Crippen LogP contribution in [0.4, 0.5) is 13.2 Å². The van der Waals surface area contributed by atoms with Crippen LogP contribution in [0.15, 0.2) is 40.9 Å². The molecule has 0 radical (unpaired) electrons. The second-order valence-corrected chi connectivity index (χ2v) is 5.75. The van der Waals surface area contributed by atoms with Gasteiger partial charge in [-0.25, -0.2) is 0 Å². The lowest BCUT2D eigenvalue weighted by molar-refractivity contribution is -0.187. The van der Waals surface area contributed by atoms with Crippen LogP contribution in [-0.2, 0) is 4.79 Å². The largest absolute Gasteiger partial charge is 0.481 e. The highest BCUT2D eigenvalue weighted by molar-refractivity contribution is 5.93. The number of nitrogens with zero attached hydrogens (tertiary/aromatic N) is 2. The number of hydrogen-bond donors (Lipinski definition) is 1. The molecule has 6 nitrogen and oxygen atoms in total. The summed E-state index contributed by atoms with van der Waals surface area (Å²) < 4.78 is 43.9. The van der Waals surface area contributed by atoms with E-state index in [-0.39, 0.29) is 5.76 Å². The maximum absolute atomic E-state index is 13.0. The molecule has 0 spiro atoms. The fourth-order valence-corrected chi connectivity index (χ4v) is 2.83. The van der Waals surface area contributed by atoms with Crippen molar-refractivity contribution in [3.63, 3.8) is 0 Å². The summed E-state index contributed by atoms with van der Waals surface area (Å²) >= 11 is 0. The standard InChI is InChI=1S/C16H13F3N2O4/c17-16(18,19)11-8-21(7-10(11)15(23)24)14(22)13-6-12(20-25-13)9-4-2-1-3-5-9/h1-6,10-11H,7-8H2,(H,23,24)/t10-,11-/m1/s1. The third-order valence-electron chi connectivity index (χ3n) is 4.14. The van der Waals surface area contributed by atoms with Gasteiger partial charge in [-0.15, -0.1) is 0 Å². The molecule has 3 rings (SSSR count). The van der Waals surface area contributed by atoms with Gasteiger partial charge in [0.05, 0.1) is 11.8 Å². The first kappa shape index (κ1) is 17.0. The van der Waals surface area contributed by atoms with Crippen LogP contribution >= 0.6 is 0 Å². The minimum atomic E-state index is -4.70. The Morgan fingerprint density at radius 1 is 1.20 bits per heavy atom. The Hall–Kier alpha value is -2.84. The Kier molecular flexibility index (Phi) is 4.23. The second-order valence-electron chi connectivity index (χ2n) is 5.75. The van der Waals surface area contributed by atoms with E-state index >= 15 is 0 Å². The Labute approximate surface area is 139 Å². The van der Waals surface area contributed by atoms with Crippen molar-refractivity contribution in [2.24, 2.45) is 11.8 Å². The highest BCUT2D eigenvalue weighted by Gasteiger charge is 2.53. The summed E-state index contributed by atoms with van der Waals surface area (Å²) in [6.45, 7) is -1.25. The van der Waals surface area contributed by atoms with Crippen LogP contribution in [0.3, 0.4) is 0 Å². The number of carboxylic acids is 1. The van der Waals surface area contributed by atoms with E-state index in [9.17, 15) is 22.8 Å². The molecule has 0 bridgehead atoms. The van der Waals surface area contributed by atoms with E-state index in [1.54, 1.807) is 30.3 Å². The molecule has 0 aliphatic carbocycles. The van der Waals surface area contributed by atoms with Crippen LogP contribution in [0.5, 0.6) is 0 Å². The molecule has 0 unspecified atom stereocenters. The van der Waals surface area contributed by atoms with E-state index in [2.05, 4.69) is 5.16 Å². The molecular weight excluding hydrogens is 341 g/mol. The number of alkyl halides is 3. The van der Waals surface area contributed by atoms with Crippen molar-refractivity contribution in [2.45, 2.75) is 6.18 Å². The van der Waals surface area contributed by atoms with Crippen molar-refractivity contribution in [2.75, 3.05) is 13.1 Å². The molecule has 1 aliphatic rings. The third kappa shape index (κ3) is 3.35. The monoisotopic (exact) mass is 354 g/mol. The van der Waals surface area contributed by atoms with Crippen molar-refractivity contribution in [3.8, 4) is 11.3 Å². The Morgan fingerprint density at radius 3 is 2.44 bits per heavy atom. The van der Waals surface area contributed by atoms with Gasteiger partial charge >= 0.3 is 12.1 Å². The van der Waals surface area contributed by atoms with E-state index in [0.717, 1.165) is 4.90 Å². The highest BCUT2D eigenvalue weighted by atomic mass is 19.4. The Bertz CT molecular complexity index is 788. The van der Waals surface area contributed by atoms with Gasteiger partial charge in [-0.3, -0.25) is 9.59 Å². The summed E-state index contributed by atoms with van der Waals surface area (Å²) in [5, 5.41) is 12.7. The van der Waals surface area contributed by atoms with Crippen molar-refractivity contribution >= 4 is 11.9 Å². The van der Waals surface area contributed by atoms with Crippen LogP contribution < -0.4 is 0 Å². The number of carbonyl (C=O) groups is 2. The zero-order chi connectivity index (χ0) is 18.2. The van der Waals surface area contributed by atoms with Crippen LogP contribution in [0.25, 0.3) is 11.3 Å². The number of carbonyl (C=O) groups excluding carboxylic acids is 1. The SMILES string of the molecule is O=C(O)[C@@H]1CN(C(=O)c2cc(-c3ccccc3)no2)C[C@H]1C(F)(F)F. The lowest BCUT2D eigenvalue weighted by Crippen LogP contribution is -2.34. The number of halogens is 3. The minimum Gasteiger partial charge on any atom is -0.481 e. The number of benzene rings is 1. The Morgan fingerprint density at radius 2 is 1.88 bits per heavy atom. The topological polar surface area (TPSA) is 83.6 Å². The van der Waals surface area contributed by atoms with Gasteiger partial charge in [0.1, 0.15) is 5.69 Å². The van der Waals surface area contributed by atoms with Gasteiger partial charge in [0.15, 0.2) is 0 Å². The molecule has 1 amide bonds. The molecule has 1 aliphatic heterocycles. The molecule has 9 heteroatoms.